The highest BCUT2D eigenvalue weighted by molar-refractivity contribution is 6.31. The van der Waals surface area contributed by atoms with Gasteiger partial charge in [0.2, 0.25) is 0 Å². The van der Waals surface area contributed by atoms with Crippen LogP contribution in [0.3, 0.4) is 0 Å². The van der Waals surface area contributed by atoms with Gasteiger partial charge in [0, 0.05) is 23.6 Å². The van der Waals surface area contributed by atoms with Gasteiger partial charge in [-0.15, -0.1) is 0 Å². The molecule has 0 aliphatic carbocycles. The molecule has 0 radical (unpaired) electrons. The first-order valence-corrected chi connectivity index (χ1v) is 8.24. The summed E-state index contributed by atoms with van der Waals surface area (Å²) in [5, 5.41) is 4.15. The minimum absolute atomic E-state index is 0.191. The molecule has 0 bridgehead atoms. The van der Waals surface area contributed by atoms with Gasteiger partial charge in [0.15, 0.2) is 0 Å². The van der Waals surface area contributed by atoms with Gasteiger partial charge in [0.25, 0.3) is 0 Å². The Morgan fingerprint density at radius 1 is 1.23 bits per heavy atom. The topological polar surface area (TPSA) is 21.3 Å². The summed E-state index contributed by atoms with van der Waals surface area (Å²) in [4.78, 5) is 0. The van der Waals surface area contributed by atoms with E-state index in [9.17, 15) is 0 Å². The second kappa shape index (κ2) is 6.31. The molecule has 22 heavy (non-hydrogen) atoms. The Morgan fingerprint density at radius 3 is 2.64 bits per heavy atom. The van der Waals surface area contributed by atoms with Crippen LogP contribution in [-0.2, 0) is 6.42 Å². The Hall–Kier alpha value is -1.51. The summed E-state index contributed by atoms with van der Waals surface area (Å²) >= 11 is 6.36. The molecule has 0 fully saturated rings. The van der Waals surface area contributed by atoms with Crippen molar-refractivity contribution in [3.05, 3.63) is 52.0 Å². The summed E-state index contributed by atoms with van der Waals surface area (Å²) in [5.41, 5.74) is 6.09. The Balaban J connectivity index is 2.05. The van der Waals surface area contributed by atoms with E-state index in [0.29, 0.717) is 0 Å². The molecular formula is C19H22ClNO. The van der Waals surface area contributed by atoms with Crippen molar-refractivity contribution in [3.63, 3.8) is 0 Å². The number of hydrogen-bond acceptors (Lipinski definition) is 2. The number of hydrogen-bond donors (Lipinski definition) is 1. The van der Waals surface area contributed by atoms with Gasteiger partial charge in [-0.2, -0.15) is 0 Å². The van der Waals surface area contributed by atoms with Crippen molar-refractivity contribution in [2.24, 2.45) is 0 Å². The zero-order valence-corrected chi connectivity index (χ0v) is 14.1. The maximum Gasteiger partial charge on any atom is 0.131 e. The van der Waals surface area contributed by atoms with Crippen molar-refractivity contribution in [2.75, 3.05) is 13.1 Å². The van der Waals surface area contributed by atoms with Gasteiger partial charge >= 0.3 is 0 Å². The third-order valence-electron chi connectivity index (χ3n) is 4.24. The van der Waals surface area contributed by atoms with Crippen LogP contribution in [0.1, 0.15) is 23.6 Å². The highest BCUT2D eigenvalue weighted by atomic mass is 35.5. The number of ether oxygens (including phenoxy) is 1. The second-order valence-corrected chi connectivity index (χ2v) is 6.40. The van der Waals surface area contributed by atoms with Crippen molar-refractivity contribution >= 4 is 11.6 Å². The van der Waals surface area contributed by atoms with E-state index in [1.54, 1.807) is 0 Å². The fourth-order valence-corrected chi connectivity index (χ4v) is 3.48. The Labute approximate surface area is 137 Å². The fourth-order valence-electron chi connectivity index (χ4n) is 3.24. The maximum absolute atomic E-state index is 6.36. The largest absolute Gasteiger partial charge is 0.488 e. The van der Waals surface area contributed by atoms with E-state index in [1.165, 1.54) is 22.3 Å². The molecule has 116 valence electrons. The number of benzene rings is 2. The van der Waals surface area contributed by atoms with Crippen LogP contribution in [0, 0.1) is 13.8 Å². The molecule has 1 atom stereocenters. The fraction of sp³-hybridized carbons (Fsp3) is 0.368. The van der Waals surface area contributed by atoms with Crippen LogP contribution in [0.5, 0.6) is 5.75 Å². The molecule has 1 aliphatic heterocycles. The molecule has 1 unspecified atom stereocenters. The highest BCUT2D eigenvalue weighted by Gasteiger charge is 2.27. The molecule has 0 spiro atoms. The standard InChI is InChI=1S/C19H22ClNO/c1-4-21-11-16-9-14-8-15(20)10-17(19(14)22-16)18-12(2)6-5-7-13(18)3/h5-8,10,16,21H,4,9,11H2,1-3H3. The van der Waals surface area contributed by atoms with E-state index in [-0.39, 0.29) is 6.10 Å². The molecule has 2 aromatic rings. The first-order valence-electron chi connectivity index (χ1n) is 7.86. The van der Waals surface area contributed by atoms with Gasteiger partial charge in [-0.3, -0.25) is 0 Å². The van der Waals surface area contributed by atoms with Crippen LogP contribution >= 0.6 is 11.6 Å². The first kappa shape index (κ1) is 15.4. The van der Waals surface area contributed by atoms with Gasteiger partial charge in [0.1, 0.15) is 11.9 Å². The minimum Gasteiger partial charge on any atom is -0.488 e. The molecule has 0 saturated heterocycles. The maximum atomic E-state index is 6.36. The lowest BCUT2D eigenvalue weighted by Gasteiger charge is -2.16. The van der Waals surface area contributed by atoms with Crippen LogP contribution in [0.15, 0.2) is 30.3 Å². The normalized spacial score (nSPS) is 16.5. The monoisotopic (exact) mass is 315 g/mol. The molecule has 1 N–H and O–H groups in total. The molecule has 0 amide bonds. The summed E-state index contributed by atoms with van der Waals surface area (Å²) in [6.07, 6.45) is 1.11. The predicted molar refractivity (Wildman–Crippen MR) is 93.0 cm³/mol. The number of likely N-dealkylation sites (N-methyl/N-ethyl adjacent to an activating group) is 1. The zero-order chi connectivity index (χ0) is 15.7. The lowest BCUT2D eigenvalue weighted by atomic mass is 9.93. The number of fused-ring (bicyclic) bond motifs is 1. The third-order valence-corrected chi connectivity index (χ3v) is 4.45. The number of rotatable bonds is 4. The van der Waals surface area contributed by atoms with Gasteiger partial charge in [0.05, 0.1) is 0 Å². The van der Waals surface area contributed by atoms with Crippen molar-refractivity contribution < 1.29 is 4.74 Å². The van der Waals surface area contributed by atoms with Crippen LogP contribution in [0.4, 0.5) is 0 Å². The SMILES string of the molecule is CCNCC1Cc2cc(Cl)cc(-c3c(C)cccc3C)c2O1. The number of nitrogens with one attached hydrogen (secondary N) is 1. The summed E-state index contributed by atoms with van der Waals surface area (Å²) in [7, 11) is 0. The molecule has 2 nitrogen and oxygen atoms in total. The first-order chi connectivity index (χ1) is 10.6. The molecular weight excluding hydrogens is 294 g/mol. The van der Waals surface area contributed by atoms with E-state index in [0.717, 1.165) is 35.8 Å². The van der Waals surface area contributed by atoms with Gasteiger partial charge in [-0.1, -0.05) is 36.7 Å². The Kier molecular flexibility index (Phi) is 4.42. The van der Waals surface area contributed by atoms with Gasteiger partial charge in [-0.25, -0.2) is 0 Å². The zero-order valence-electron chi connectivity index (χ0n) is 13.4. The lowest BCUT2D eigenvalue weighted by Crippen LogP contribution is -2.29. The van der Waals surface area contributed by atoms with Crippen molar-refractivity contribution in [1.29, 1.82) is 0 Å². The van der Waals surface area contributed by atoms with E-state index in [1.807, 2.05) is 12.1 Å². The lowest BCUT2D eigenvalue weighted by molar-refractivity contribution is 0.229. The Bertz CT molecular complexity index is 676. The molecule has 3 rings (SSSR count). The van der Waals surface area contributed by atoms with Crippen molar-refractivity contribution in [1.82, 2.24) is 5.32 Å². The highest BCUT2D eigenvalue weighted by Crippen LogP contribution is 2.43. The smallest absolute Gasteiger partial charge is 0.131 e. The average Bonchev–Trinajstić information content (AvgIpc) is 2.87. The summed E-state index contributed by atoms with van der Waals surface area (Å²) in [5.74, 6) is 1.00. The van der Waals surface area contributed by atoms with Crippen LogP contribution in [0.2, 0.25) is 5.02 Å². The summed E-state index contributed by atoms with van der Waals surface area (Å²) in [6.45, 7) is 8.22. The van der Waals surface area contributed by atoms with Gasteiger partial charge in [-0.05, 0) is 54.8 Å². The summed E-state index contributed by atoms with van der Waals surface area (Å²) < 4.78 is 6.24. The van der Waals surface area contributed by atoms with E-state index in [2.05, 4.69) is 44.3 Å². The number of aryl methyl sites for hydroxylation is 2. The third kappa shape index (κ3) is 2.86. The average molecular weight is 316 g/mol. The van der Waals surface area contributed by atoms with Crippen LogP contribution in [-0.4, -0.2) is 19.2 Å². The predicted octanol–water partition coefficient (Wildman–Crippen LogP) is 4.54. The van der Waals surface area contributed by atoms with Crippen LogP contribution in [0.25, 0.3) is 11.1 Å². The molecule has 3 heteroatoms. The minimum atomic E-state index is 0.191. The number of halogens is 1. The molecule has 1 aliphatic rings. The van der Waals surface area contributed by atoms with E-state index in [4.69, 9.17) is 16.3 Å². The van der Waals surface area contributed by atoms with Crippen LogP contribution < -0.4 is 10.1 Å². The molecule has 0 aromatic heterocycles. The Morgan fingerprint density at radius 2 is 1.95 bits per heavy atom. The van der Waals surface area contributed by atoms with E-state index < -0.39 is 0 Å². The van der Waals surface area contributed by atoms with Crippen molar-refractivity contribution in [2.45, 2.75) is 33.3 Å². The second-order valence-electron chi connectivity index (χ2n) is 5.96. The molecule has 1 heterocycles. The molecule has 2 aromatic carbocycles. The van der Waals surface area contributed by atoms with Crippen molar-refractivity contribution in [3.8, 4) is 16.9 Å². The molecule has 0 saturated carbocycles. The van der Waals surface area contributed by atoms with E-state index >= 15 is 0 Å². The van der Waals surface area contributed by atoms with Gasteiger partial charge < -0.3 is 10.1 Å². The summed E-state index contributed by atoms with van der Waals surface area (Å²) in [6, 6.07) is 10.4. The quantitative estimate of drug-likeness (QED) is 0.894.